The monoisotopic (exact) mass is 451 g/mol. The van der Waals surface area contributed by atoms with Crippen LogP contribution in [0.1, 0.15) is 12.5 Å². The Kier molecular flexibility index (Phi) is 5.02. The molecule has 0 amide bonds. The number of fused-ring (bicyclic) bond motifs is 2. The molecule has 1 aromatic carbocycles. The summed E-state index contributed by atoms with van der Waals surface area (Å²) in [7, 11) is 2.86. The molecule has 3 heterocycles. The Morgan fingerprint density at radius 2 is 1.93 bits per heavy atom. The van der Waals surface area contributed by atoms with Gasteiger partial charge in [-0.3, -0.25) is 13.9 Å². The molecular weight excluding hydrogens is 436 g/mol. The van der Waals surface area contributed by atoms with Crippen molar-refractivity contribution in [2.45, 2.75) is 23.9 Å². The molecular formula is C18H16ClN4O6S-. The average Bonchev–Trinajstić information content (AvgIpc) is 3.29. The predicted molar refractivity (Wildman–Crippen MR) is 107 cm³/mol. The number of aromatic nitrogens is 4. The zero-order valence-corrected chi connectivity index (χ0v) is 17.7. The van der Waals surface area contributed by atoms with Crippen molar-refractivity contribution in [3.8, 4) is 11.5 Å². The van der Waals surface area contributed by atoms with Crippen molar-refractivity contribution in [3.63, 3.8) is 0 Å². The summed E-state index contributed by atoms with van der Waals surface area (Å²) in [6.45, 7) is 1.63. The molecule has 1 atom stereocenters. The number of benzene rings is 1. The van der Waals surface area contributed by atoms with E-state index in [0.717, 1.165) is 16.3 Å². The molecule has 1 aliphatic heterocycles. The largest absolute Gasteiger partial charge is 0.549 e. The fourth-order valence-electron chi connectivity index (χ4n) is 3.12. The molecule has 4 rings (SSSR count). The maximum Gasteiger partial charge on any atom is 0.332 e. The zero-order chi connectivity index (χ0) is 21.7. The van der Waals surface area contributed by atoms with Gasteiger partial charge >= 0.3 is 5.69 Å². The zero-order valence-electron chi connectivity index (χ0n) is 16.2. The maximum atomic E-state index is 12.9. The first-order chi connectivity index (χ1) is 14.2. The van der Waals surface area contributed by atoms with Gasteiger partial charge in [-0.05, 0) is 18.6 Å². The smallest absolute Gasteiger partial charge is 0.332 e. The highest BCUT2D eigenvalue weighted by Gasteiger charge is 2.23. The lowest BCUT2D eigenvalue weighted by molar-refractivity contribution is -0.304. The van der Waals surface area contributed by atoms with Gasteiger partial charge in [0.15, 0.2) is 27.8 Å². The van der Waals surface area contributed by atoms with Crippen molar-refractivity contribution < 1.29 is 19.4 Å². The van der Waals surface area contributed by atoms with Crippen molar-refractivity contribution in [1.82, 2.24) is 18.7 Å². The molecule has 30 heavy (non-hydrogen) atoms. The molecule has 12 heteroatoms. The standard InChI is InChI=1S/C18H17ClN4O6S/c1-8(16(25)26)30-17-20-14-13(15(24)22(3)18(27)21(14)2)23(17)6-9-4-11-12(5-10(9)19)29-7-28-11/h4-5,8H,6-7H2,1-3H3,(H,25,26)/p-1/t8-/m0/s1. The predicted octanol–water partition coefficient (Wildman–Crippen LogP) is 0.0946. The van der Waals surface area contributed by atoms with E-state index in [2.05, 4.69) is 4.98 Å². The van der Waals surface area contributed by atoms with E-state index in [0.29, 0.717) is 22.1 Å². The van der Waals surface area contributed by atoms with E-state index in [4.69, 9.17) is 21.1 Å². The number of thioether (sulfide) groups is 1. The number of nitrogens with zero attached hydrogens (tertiary/aromatic N) is 4. The van der Waals surface area contributed by atoms with Crippen LogP contribution in [0.4, 0.5) is 0 Å². The number of carbonyl (C=O) groups is 1. The van der Waals surface area contributed by atoms with Crippen molar-refractivity contribution in [3.05, 3.63) is 43.6 Å². The number of ether oxygens (including phenoxy) is 2. The molecule has 158 valence electrons. The summed E-state index contributed by atoms with van der Waals surface area (Å²) < 4.78 is 14.5. The summed E-state index contributed by atoms with van der Waals surface area (Å²) in [6.07, 6.45) is 0. The number of aryl methyl sites for hydroxylation is 1. The first-order valence-electron chi connectivity index (χ1n) is 8.80. The van der Waals surface area contributed by atoms with Gasteiger partial charge in [0.05, 0.1) is 12.5 Å². The number of carbonyl (C=O) groups excluding carboxylic acids is 1. The number of hydrogen-bond donors (Lipinski definition) is 0. The third-order valence-electron chi connectivity index (χ3n) is 4.80. The van der Waals surface area contributed by atoms with Crippen LogP contribution >= 0.6 is 23.4 Å². The number of halogens is 1. The van der Waals surface area contributed by atoms with Crippen molar-refractivity contribution >= 4 is 40.5 Å². The highest BCUT2D eigenvalue weighted by molar-refractivity contribution is 8.00. The van der Waals surface area contributed by atoms with Gasteiger partial charge < -0.3 is 23.9 Å². The van der Waals surface area contributed by atoms with Gasteiger partial charge in [0.25, 0.3) is 5.56 Å². The molecule has 0 spiro atoms. The molecule has 0 radical (unpaired) electrons. The Labute approximate surface area is 178 Å². The van der Waals surface area contributed by atoms with Gasteiger partial charge in [-0.1, -0.05) is 23.4 Å². The molecule has 0 bridgehead atoms. The van der Waals surface area contributed by atoms with Crippen LogP contribution in [-0.4, -0.2) is 36.7 Å². The van der Waals surface area contributed by atoms with Crippen molar-refractivity contribution in [1.29, 1.82) is 0 Å². The highest BCUT2D eigenvalue weighted by atomic mass is 35.5. The Morgan fingerprint density at radius 1 is 1.27 bits per heavy atom. The van der Waals surface area contributed by atoms with Crippen LogP contribution in [0.25, 0.3) is 11.2 Å². The molecule has 0 unspecified atom stereocenters. The van der Waals surface area contributed by atoms with Gasteiger partial charge in [0, 0.05) is 30.4 Å². The summed E-state index contributed by atoms with van der Waals surface area (Å²) in [5.41, 5.74) is -0.179. The maximum absolute atomic E-state index is 12.9. The van der Waals surface area contributed by atoms with Gasteiger partial charge in [0.1, 0.15) is 0 Å². The number of rotatable bonds is 5. The van der Waals surface area contributed by atoms with Crippen LogP contribution in [0, 0.1) is 0 Å². The van der Waals surface area contributed by atoms with E-state index < -0.39 is 22.5 Å². The molecule has 0 fully saturated rings. The van der Waals surface area contributed by atoms with E-state index in [-0.39, 0.29) is 29.7 Å². The summed E-state index contributed by atoms with van der Waals surface area (Å²) in [6, 6.07) is 3.31. The van der Waals surface area contributed by atoms with Crippen molar-refractivity contribution in [2.24, 2.45) is 14.1 Å². The van der Waals surface area contributed by atoms with E-state index in [1.165, 1.54) is 25.6 Å². The minimum atomic E-state index is -1.28. The Morgan fingerprint density at radius 3 is 2.60 bits per heavy atom. The minimum absolute atomic E-state index is 0.0794. The Hall–Kier alpha value is -2.92. The van der Waals surface area contributed by atoms with Crippen LogP contribution in [0.2, 0.25) is 5.02 Å². The minimum Gasteiger partial charge on any atom is -0.549 e. The van der Waals surface area contributed by atoms with E-state index >= 15 is 0 Å². The van der Waals surface area contributed by atoms with Crippen LogP contribution in [0.3, 0.4) is 0 Å². The molecule has 0 N–H and O–H groups in total. The molecule has 10 nitrogen and oxygen atoms in total. The number of aliphatic carboxylic acids is 1. The summed E-state index contributed by atoms with van der Waals surface area (Å²) in [4.78, 5) is 40.9. The normalized spacial score (nSPS) is 13.7. The van der Waals surface area contributed by atoms with Crippen molar-refractivity contribution in [2.75, 3.05) is 6.79 Å². The first kappa shape index (κ1) is 20.4. The fourth-order valence-corrected chi connectivity index (χ4v) is 4.17. The fraction of sp³-hybridized carbons (Fsp3) is 0.333. The third-order valence-corrected chi connectivity index (χ3v) is 6.22. The first-order valence-corrected chi connectivity index (χ1v) is 10.1. The van der Waals surface area contributed by atoms with Gasteiger partial charge in [-0.15, -0.1) is 0 Å². The molecule has 0 saturated heterocycles. The second kappa shape index (κ2) is 7.40. The number of imidazole rings is 1. The number of carboxylic acids is 1. The Bertz CT molecular complexity index is 1310. The highest BCUT2D eigenvalue weighted by Crippen LogP contribution is 2.37. The van der Waals surface area contributed by atoms with Gasteiger partial charge in [-0.2, -0.15) is 0 Å². The number of hydrogen-bond acceptors (Lipinski definition) is 8. The van der Waals surface area contributed by atoms with Crippen LogP contribution in [0.5, 0.6) is 11.5 Å². The molecule has 0 saturated carbocycles. The van der Waals surface area contributed by atoms with Gasteiger partial charge in [0.2, 0.25) is 6.79 Å². The lowest BCUT2D eigenvalue weighted by Gasteiger charge is -2.14. The lowest BCUT2D eigenvalue weighted by Crippen LogP contribution is -2.37. The Balaban J connectivity index is 1.94. The van der Waals surface area contributed by atoms with Crippen LogP contribution in [-0.2, 0) is 25.4 Å². The van der Waals surface area contributed by atoms with Gasteiger partial charge in [-0.25, -0.2) is 9.78 Å². The average molecular weight is 452 g/mol. The molecule has 3 aromatic rings. The van der Waals surface area contributed by atoms with E-state index in [9.17, 15) is 19.5 Å². The topological polar surface area (TPSA) is 120 Å². The summed E-state index contributed by atoms with van der Waals surface area (Å²) in [5, 5.41) is 11.0. The molecule has 0 aliphatic carbocycles. The van der Waals surface area contributed by atoms with E-state index in [1.807, 2.05) is 0 Å². The second-order valence-electron chi connectivity index (χ2n) is 6.73. The molecule has 1 aliphatic rings. The number of carboxylic acid groups (broad SMARTS) is 1. The third kappa shape index (κ3) is 3.23. The van der Waals surface area contributed by atoms with E-state index in [1.54, 1.807) is 16.7 Å². The SMILES string of the molecule is C[C@H](Sc1nc2c(c(=O)n(C)c(=O)n2C)n1Cc1cc2c(cc1Cl)OCO2)C(=O)[O-]. The van der Waals surface area contributed by atoms with Crippen LogP contribution in [0.15, 0.2) is 26.9 Å². The summed E-state index contributed by atoms with van der Waals surface area (Å²) >= 11 is 7.30. The lowest BCUT2D eigenvalue weighted by atomic mass is 10.2. The molecule has 2 aromatic heterocycles. The summed E-state index contributed by atoms with van der Waals surface area (Å²) in [5.74, 6) is -0.254. The van der Waals surface area contributed by atoms with Crippen LogP contribution < -0.4 is 25.8 Å². The quantitative estimate of drug-likeness (QED) is 0.501. The second-order valence-corrected chi connectivity index (χ2v) is 8.45.